The highest BCUT2D eigenvalue weighted by Crippen LogP contribution is 2.36. The molecule has 0 saturated carbocycles. The molecule has 0 spiro atoms. The van der Waals surface area contributed by atoms with Crippen molar-refractivity contribution in [2.45, 2.75) is 19.4 Å². The normalized spacial score (nSPS) is 16.5. The average Bonchev–Trinajstić information content (AvgIpc) is 3.47. The molecule has 0 unspecified atom stereocenters. The summed E-state index contributed by atoms with van der Waals surface area (Å²) in [6.45, 7) is 2.89. The Labute approximate surface area is 179 Å². The van der Waals surface area contributed by atoms with E-state index in [1.54, 1.807) is 11.3 Å². The van der Waals surface area contributed by atoms with Gasteiger partial charge in [-0.25, -0.2) is 4.98 Å². The molecule has 30 heavy (non-hydrogen) atoms. The molecular formula is C23H23N3O3S. The van der Waals surface area contributed by atoms with Crippen molar-refractivity contribution < 1.29 is 14.3 Å². The molecule has 2 aliphatic rings. The lowest BCUT2D eigenvalue weighted by molar-refractivity contribution is -0.121. The average molecular weight is 422 g/mol. The number of nitrogens with one attached hydrogen (secondary N) is 1. The summed E-state index contributed by atoms with van der Waals surface area (Å²) in [4.78, 5) is 19.5. The molecule has 5 rings (SSSR count). The number of benzene rings is 2. The number of anilines is 1. The van der Waals surface area contributed by atoms with Crippen molar-refractivity contribution in [2.24, 2.45) is 5.92 Å². The van der Waals surface area contributed by atoms with E-state index in [4.69, 9.17) is 9.47 Å². The minimum absolute atomic E-state index is 0.0326. The Hall–Kier alpha value is -2.90. The van der Waals surface area contributed by atoms with Gasteiger partial charge >= 0.3 is 0 Å². The van der Waals surface area contributed by atoms with E-state index in [1.807, 2.05) is 47.3 Å². The summed E-state index contributed by atoms with van der Waals surface area (Å²) in [5.41, 5.74) is 5.74. The number of likely N-dealkylation sites (tertiary alicyclic amines) is 1. The second-order valence-electron chi connectivity index (χ2n) is 7.65. The highest BCUT2D eigenvalue weighted by molar-refractivity contribution is 7.07. The molecule has 0 atom stereocenters. The van der Waals surface area contributed by atoms with Crippen molar-refractivity contribution in [1.82, 2.24) is 9.88 Å². The molecule has 6 nitrogen and oxygen atoms in total. The summed E-state index contributed by atoms with van der Waals surface area (Å²) in [5.74, 6) is 1.81. The van der Waals surface area contributed by atoms with Crippen molar-refractivity contribution in [1.29, 1.82) is 0 Å². The van der Waals surface area contributed by atoms with Gasteiger partial charge in [-0.1, -0.05) is 24.3 Å². The van der Waals surface area contributed by atoms with Gasteiger partial charge in [0.15, 0.2) is 11.5 Å². The summed E-state index contributed by atoms with van der Waals surface area (Å²) < 4.78 is 11.1. The van der Waals surface area contributed by atoms with Crippen molar-refractivity contribution in [3.05, 3.63) is 58.9 Å². The van der Waals surface area contributed by atoms with E-state index in [-0.39, 0.29) is 18.6 Å². The fourth-order valence-electron chi connectivity index (χ4n) is 4.07. The van der Waals surface area contributed by atoms with Gasteiger partial charge in [0.05, 0.1) is 11.2 Å². The number of carbonyl (C=O) groups excluding carboxylic acids is 1. The zero-order valence-electron chi connectivity index (χ0n) is 16.5. The Morgan fingerprint density at radius 2 is 2.03 bits per heavy atom. The molecule has 0 bridgehead atoms. The van der Waals surface area contributed by atoms with E-state index in [1.165, 1.54) is 0 Å². The SMILES string of the molecule is O=C(Nc1cccc(-c2cscn2)c1)C1CCN(Cc2cccc3c2OCO3)CC1. The molecule has 154 valence electrons. The number of aromatic nitrogens is 1. The number of carbonyl (C=O) groups is 1. The molecule has 3 aromatic rings. The van der Waals surface area contributed by atoms with Crippen LogP contribution in [0.15, 0.2) is 53.4 Å². The third-order valence-corrected chi connectivity index (χ3v) is 6.28. The Bertz CT molecular complexity index is 1030. The van der Waals surface area contributed by atoms with E-state index >= 15 is 0 Å². The lowest BCUT2D eigenvalue weighted by Gasteiger charge is -2.31. The van der Waals surface area contributed by atoms with Crippen LogP contribution in [0.4, 0.5) is 5.69 Å². The van der Waals surface area contributed by atoms with Crippen LogP contribution in [0.2, 0.25) is 0 Å². The second-order valence-corrected chi connectivity index (χ2v) is 8.36. The first-order valence-corrected chi connectivity index (χ1v) is 11.1. The molecular weight excluding hydrogens is 398 g/mol. The summed E-state index contributed by atoms with van der Waals surface area (Å²) in [5, 5.41) is 5.10. The number of nitrogens with zero attached hydrogens (tertiary/aromatic N) is 2. The molecule has 1 saturated heterocycles. The number of fused-ring (bicyclic) bond motifs is 1. The van der Waals surface area contributed by atoms with Crippen molar-refractivity contribution >= 4 is 22.9 Å². The lowest BCUT2D eigenvalue weighted by atomic mass is 9.95. The minimum atomic E-state index is 0.0326. The van der Waals surface area contributed by atoms with Gasteiger partial charge < -0.3 is 14.8 Å². The number of hydrogen-bond acceptors (Lipinski definition) is 6. The fourth-order valence-corrected chi connectivity index (χ4v) is 4.63. The highest BCUT2D eigenvalue weighted by atomic mass is 32.1. The molecule has 0 aliphatic carbocycles. The van der Waals surface area contributed by atoms with Crippen LogP contribution in [0, 0.1) is 5.92 Å². The minimum Gasteiger partial charge on any atom is -0.454 e. The van der Waals surface area contributed by atoms with Gasteiger partial charge in [-0.3, -0.25) is 9.69 Å². The summed E-state index contributed by atoms with van der Waals surface area (Å²) >= 11 is 1.57. The molecule has 1 fully saturated rings. The first kappa shape index (κ1) is 19.1. The number of piperidine rings is 1. The number of thiazole rings is 1. The van der Waals surface area contributed by atoms with Gasteiger partial charge in [-0.05, 0) is 44.1 Å². The number of ether oxygens (including phenoxy) is 2. The van der Waals surface area contributed by atoms with Gasteiger partial charge in [-0.2, -0.15) is 0 Å². The zero-order chi connectivity index (χ0) is 20.3. The monoisotopic (exact) mass is 421 g/mol. The summed E-state index contributed by atoms with van der Waals surface area (Å²) in [6, 6.07) is 13.9. The van der Waals surface area contributed by atoms with Gasteiger partial charge in [0.1, 0.15) is 0 Å². The van der Waals surface area contributed by atoms with Gasteiger partial charge in [0.2, 0.25) is 12.7 Å². The predicted molar refractivity (Wildman–Crippen MR) is 117 cm³/mol. The van der Waals surface area contributed by atoms with Crippen molar-refractivity contribution in [3.63, 3.8) is 0 Å². The molecule has 7 heteroatoms. The maximum Gasteiger partial charge on any atom is 0.231 e. The van der Waals surface area contributed by atoms with Gasteiger partial charge in [0.25, 0.3) is 0 Å². The fraction of sp³-hybridized carbons (Fsp3) is 0.304. The van der Waals surface area contributed by atoms with Crippen LogP contribution in [0.5, 0.6) is 11.5 Å². The molecule has 1 amide bonds. The second kappa shape index (κ2) is 8.45. The number of hydrogen-bond donors (Lipinski definition) is 1. The zero-order valence-corrected chi connectivity index (χ0v) is 17.4. The third-order valence-electron chi connectivity index (χ3n) is 5.69. The van der Waals surface area contributed by atoms with Crippen molar-refractivity contribution in [2.75, 3.05) is 25.2 Å². The van der Waals surface area contributed by atoms with Gasteiger partial charge in [-0.15, -0.1) is 11.3 Å². The highest BCUT2D eigenvalue weighted by Gasteiger charge is 2.26. The van der Waals surface area contributed by atoms with E-state index in [9.17, 15) is 4.79 Å². The number of para-hydroxylation sites is 1. The third kappa shape index (κ3) is 4.04. The van der Waals surface area contributed by atoms with E-state index < -0.39 is 0 Å². The number of rotatable bonds is 5. The molecule has 2 aromatic carbocycles. The van der Waals surface area contributed by atoms with Crippen LogP contribution in [0.3, 0.4) is 0 Å². The topological polar surface area (TPSA) is 63.7 Å². The summed E-state index contributed by atoms with van der Waals surface area (Å²) in [6.07, 6.45) is 1.70. The smallest absolute Gasteiger partial charge is 0.231 e. The number of amides is 1. The first-order valence-electron chi connectivity index (χ1n) is 10.2. The Morgan fingerprint density at radius 1 is 1.17 bits per heavy atom. The maximum absolute atomic E-state index is 12.8. The Morgan fingerprint density at radius 3 is 2.87 bits per heavy atom. The Kier molecular flexibility index (Phi) is 5.38. The summed E-state index contributed by atoms with van der Waals surface area (Å²) in [7, 11) is 0. The molecule has 3 heterocycles. The van der Waals surface area contributed by atoms with Crippen LogP contribution >= 0.6 is 11.3 Å². The van der Waals surface area contributed by atoms with E-state index in [0.29, 0.717) is 0 Å². The molecule has 0 radical (unpaired) electrons. The maximum atomic E-state index is 12.8. The lowest BCUT2D eigenvalue weighted by Crippen LogP contribution is -2.37. The van der Waals surface area contributed by atoms with Crippen LogP contribution in [0.1, 0.15) is 18.4 Å². The molecule has 1 aromatic heterocycles. The first-order chi connectivity index (χ1) is 14.8. The Balaban J connectivity index is 1.17. The molecule has 1 N–H and O–H groups in total. The van der Waals surface area contributed by atoms with Crippen molar-refractivity contribution in [3.8, 4) is 22.8 Å². The van der Waals surface area contributed by atoms with Crippen LogP contribution in [-0.2, 0) is 11.3 Å². The van der Waals surface area contributed by atoms with Crippen LogP contribution in [0.25, 0.3) is 11.3 Å². The molecule has 2 aliphatic heterocycles. The standard InChI is InChI=1S/C23H23N3O3S/c27-23(25-19-5-1-3-17(11-19)20-13-30-14-24-20)16-7-9-26(10-8-16)12-18-4-2-6-21-22(18)29-15-28-21/h1-6,11,13-14,16H,7-10,12,15H2,(H,25,27). The van der Waals surface area contributed by atoms with Crippen LogP contribution < -0.4 is 14.8 Å². The van der Waals surface area contributed by atoms with E-state index in [2.05, 4.69) is 21.3 Å². The largest absolute Gasteiger partial charge is 0.454 e. The quantitative estimate of drug-likeness (QED) is 0.662. The van der Waals surface area contributed by atoms with Crippen LogP contribution in [-0.4, -0.2) is 35.7 Å². The van der Waals surface area contributed by atoms with Gasteiger partial charge in [0, 0.05) is 34.7 Å². The van der Waals surface area contributed by atoms with E-state index in [0.717, 1.165) is 66.5 Å². The predicted octanol–water partition coefficient (Wildman–Crippen LogP) is 4.39.